The van der Waals surface area contributed by atoms with Crippen molar-refractivity contribution in [1.82, 2.24) is 14.5 Å². The lowest BCUT2D eigenvalue weighted by atomic mass is 10.1. The molecule has 1 aliphatic rings. The number of rotatable bonds is 11. The van der Waals surface area contributed by atoms with E-state index in [0.29, 0.717) is 25.2 Å². The van der Waals surface area contributed by atoms with E-state index < -0.39 is 0 Å². The van der Waals surface area contributed by atoms with Crippen molar-refractivity contribution in [2.24, 2.45) is 0 Å². The highest BCUT2D eigenvalue weighted by atomic mass is 19.1. The molecule has 190 valence electrons. The fraction of sp³-hybridized carbons (Fsp3) is 0.258. The van der Waals surface area contributed by atoms with Crippen molar-refractivity contribution in [2.75, 3.05) is 13.3 Å². The van der Waals surface area contributed by atoms with Crippen LogP contribution in [-0.4, -0.2) is 27.8 Å². The Bertz CT molecular complexity index is 1340. The summed E-state index contributed by atoms with van der Waals surface area (Å²) < 4.78 is 28.4. The van der Waals surface area contributed by atoms with E-state index in [1.54, 1.807) is 18.2 Å². The highest BCUT2D eigenvalue weighted by Crippen LogP contribution is 2.33. The molecule has 0 saturated heterocycles. The van der Waals surface area contributed by atoms with Crippen molar-refractivity contribution in [3.05, 3.63) is 108 Å². The Hall–Kier alpha value is -3.90. The molecule has 1 aromatic heterocycles. The minimum absolute atomic E-state index is 0.222. The molecular formula is C31H32FN3O2. The van der Waals surface area contributed by atoms with Gasteiger partial charge in [-0.15, -0.1) is 0 Å². The van der Waals surface area contributed by atoms with Crippen molar-refractivity contribution >= 4 is 5.83 Å². The van der Waals surface area contributed by atoms with Gasteiger partial charge in [-0.2, -0.15) is 0 Å². The Morgan fingerprint density at radius 3 is 2.51 bits per heavy atom. The number of fused-ring (bicyclic) bond motifs is 1. The lowest BCUT2D eigenvalue weighted by Crippen LogP contribution is -2.25. The van der Waals surface area contributed by atoms with Crippen molar-refractivity contribution in [1.29, 1.82) is 0 Å². The molecule has 0 atom stereocenters. The number of halogens is 1. The summed E-state index contributed by atoms with van der Waals surface area (Å²) in [4.78, 5) is 7.03. The van der Waals surface area contributed by atoms with Gasteiger partial charge >= 0.3 is 0 Å². The Labute approximate surface area is 217 Å². The molecule has 0 aliphatic carbocycles. The Balaban J connectivity index is 1.43. The minimum Gasteiger partial charge on any atom is -0.454 e. The summed E-state index contributed by atoms with van der Waals surface area (Å²) in [6, 6.07) is 25.5. The second-order valence-corrected chi connectivity index (χ2v) is 9.22. The maximum Gasteiger partial charge on any atom is 0.231 e. The van der Waals surface area contributed by atoms with Crippen LogP contribution in [0.2, 0.25) is 0 Å². The van der Waals surface area contributed by atoms with E-state index in [1.165, 1.54) is 0 Å². The van der Waals surface area contributed by atoms with E-state index in [-0.39, 0.29) is 12.6 Å². The zero-order valence-electron chi connectivity index (χ0n) is 21.1. The first-order valence-corrected chi connectivity index (χ1v) is 12.8. The molecule has 0 N–H and O–H groups in total. The molecule has 6 heteroatoms. The van der Waals surface area contributed by atoms with Crippen molar-refractivity contribution in [2.45, 2.75) is 39.4 Å². The van der Waals surface area contributed by atoms with Gasteiger partial charge < -0.3 is 14.0 Å². The molecule has 5 rings (SSSR count). The maximum absolute atomic E-state index is 15.0. The number of benzene rings is 3. The molecule has 0 bridgehead atoms. The summed E-state index contributed by atoms with van der Waals surface area (Å²) in [5, 5.41) is 0. The van der Waals surface area contributed by atoms with Crippen molar-refractivity contribution in [3.8, 4) is 22.9 Å². The average molecular weight is 498 g/mol. The third-order valence-electron chi connectivity index (χ3n) is 6.51. The van der Waals surface area contributed by atoms with Crippen molar-refractivity contribution < 1.29 is 13.9 Å². The number of ether oxygens (including phenoxy) is 2. The Kier molecular flexibility index (Phi) is 7.96. The van der Waals surface area contributed by atoms with Gasteiger partial charge in [-0.25, -0.2) is 9.37 Å². The van der Waals surface area contributed by atoms with E-state index >= 15 is 4.39 Å². The van der Waals surface area contributed by atoms with Gasteiger partial charge in [0.1, 0.15) is 11.7 Å². The molecule has 2 heterocycles. The van der Waals surface area contributed by atoms with E-state index in [1.807, 2.05) is 60.8 Å². The average Bonchev–Trinajstić information content (AvgIpc) is 3.58. The van der Waals surface area contributed by atoms with Gasteiger partial charge in [-0.3, -0.25) is 4.90 Å². The summed E-state index contributed by atoms with van der Waals surface area (Å²) in [6.07, 6.45) is 5.78. The maximum atomic E-state index is 15.0. The minimum atomic E-state index is -0.222. The zero-order valence-corrected chi connectivity index (χ0v) is 21.1. The number of hydrogen-bond acceptors (Lipinski definition) is 4. The van der Waals surface area contributed by atoms with Crippen LogP contribution in [0.5, 0.6) is 11.5 Å². The van der Waals surface area contributed by atoms with E-state index in [9.17, 15) is 0 Å². The normalized spacial score (nSPS) is 12.9. The quantitative estimate of drug-likeness (QED) is 0.222. The summed E-state index contributed by atoms with van der Waals surface area (Å²) in [5.41, 5.74) is 3.88. The second kappa shape index (κ2) is 11.9. The first kappa shape index (κ1) is 24.8. The van der Waals surface area contributed by atoms with Crippen LogP contribution in [0, 0.1) is 0 Å². The van der Waals surface area contributed by atoms with Gasteiger partial charge in [0, 0.05) is 37.3 Å². The summed E-state index contributed by atoms with van der Waals surface area (Å²) in [7, 11) is 0. The van der Waals surface area contributed by atoms with Crippen molar-refractivity contribution in [3.63, 3.8) is 0 Å². The van der Waals surface area contributed by atoms with Gasteiger partial charge in [0.15, 0.2) is 11.5 Å². The first-order chi connectivity index (χ1) is 18.2. The number of nitrogens with zero attached hydrogens (tertiary/aromatic N) is 3. The van der Waals surface area contributed by atoms with E-state index in [2.05, 4.69) is 28.5 Å². The third-order valence-corrected chi connectivity index (χ3v) is 6.51. The predicted octanol–water partition coefficient (Wildman–Crippen LogP) is 7.09. The Morgan fingerprint density at radius 1 is 0.973 bits per heavy atom. The highest BCUT2D eigenvalue weighted by molar-refractivity contribution is 5.59. The Morgan fingerprint density at radius 2 is 1.73 bits per heavy atom. The SMILES string of the molecule is CCCCn1c(CN(C/C=C(\F)c2ccccc2)Cc2ccc3c(c2)OCO3)cnc1-c1ccccc1. The molecule has 0 radical (unpaired) electrons. The third kappa shape index (κ3) is 6.09. The van der Waals surface area contributed by atoms with Crippen LogP contribution >= 0.6 is 0 Å². The van der Waals surface area contributed by atoms with Gasteiger partial charge in [-0.05, 0) is 30.2 Å². The topological polar surface area (TPSA) is 39.5 Å². The van der Waals surface area contributed by atoms with E-state index in [0.717, 1.165) is 53.5 Å². The predicted molar refractivity (Wildman–Crippen MR) is 145 cm³/mol. The zero-order chi connectivity index (χ0) is 25.5. The molecule has 4 aromatic rings. The summed E-state index contributed by atoms with van der Waals surface area (Å²) >= 11 is 0. The van der Waals surface area contributed by atoms with E-state index in [4.69, 9.17) is 14.5 Å². The lowest BCUT2D eigenvalue weighted by molar-refractivity contribution is 0.174. The molecule has 37 heavy (non-hydrogen) atoms. The van der Waals surface area contributed by atoms with Gasteiger partial charge in [0.05, 0.1) is 11.9 Å². The van der Waals surface area contributed by atoms with Crippen LogP contribution in [-0.2, 0) is 19.6 Å². The smallest absolute Gasteiger partial charge is 0.231 e. The molecule has 0 amide bonds. The van der Waals surface area contributed by atoms with Crippen LogP contribution in [0.3, 0.4) is 0 Å². The largest absolute Gasteiger partial charge is 0.454 e. The molecule has 1 aliphatic heterocycles. The fourth-order valence-electron chi connectivity index (χ4n) is 4.56. The lowest BCUT2D eigenvalue weighted by Gasteiger charge is -2.22. The van der Waals surface area contributed by atoms with Gasteiger partial charge in [-0.1, -0.05) is 80.1 Å². The molecule has 3 aromatic carbocycles. The number of hydrogen-bond donors (Lipinski definition) is 0. The number of imidazole rings is 1. The molecular weight excluding hydrogens is 465 g/mol. The van der Waals surface area contributed by atoms with Crippen LogP contribution in [0.1, 0.15) is 36.6 Å². The van der Waals surface area contributed by atoms with Crippen LogP contribution in [0.4, 0.5) is 4.39 Å². The van der Waals surface area contributed by atoms with Crippen LogP contribution < -0.4 is 9.47 Å². The monoisotopic (exact) mass is 497 g/mol. The standard InChI is InChI=1S/C31H32FN3O2/c1-2-3-17-35-27(20-33-31(35)26-12-8-5-9-13-26)22-34(18-16-28(32)25-10-6-4-7-11-25)21-24-14-15-29-30(19-24)37-23-36-29/h4-16,19-20H,2-3,17-18,21-23H2,1H3/b28-16-. The molecule has 0 spiro atoms. The molecule has 0 unspecified atom stereocenters. The fourth-order valence-corrected chi connectivity index (χ4v) is 4.56. The number of unbranched alkanes of at least 4 members (excludes halogenated alkanes) is 1. The van der Waals surface area contributed by atoms with Gasteiger partial charge in [0.2, 0.25) is 6.79 Å². The first-order valence-electron chi connectivity index (χ1n) is 12.8. The second-order valence-electron chi connectivity index (χ2n) is 9.22. The van der Waals surface area contributed by atoms with Crippen LogP contribution in [0.15, 0.2) is 91.1 Å². The highest BCUT2D eigenvalue weighted by Gasteiger charge is 2.18. The molecule has 5 nitrogen and oxygen atoms in total. The number of aromatic nitrogens is 2. The van der Waals surface area contributed by atoms with Gasteiger partial charge in [0.25, 0.3) is 0 Å². The van der Waals surface area contributed by atoms with Crippen LogP contribution in [0.25, 0.3) is 17.2 Å². The summed E-state index contributed by atoms with van der Waals surface area (Å²) in [6.45, 7) is 5.05. The molecule has 0 saturated carbocycles. The molecule has 0 fully saturated rings. The summed E-state index contributed by atoms with van der Waals surface area (Å²) in [5.74, 6) is 2.26.